The van der Waals surface area contributed by atoms with Gasteiger partial charge in [-0.15, -0.1) is 11.3 Å². The van der Waals surface area contributed by atoms with Gasteiger partial charge in [0.15, 0.2) is 0 Å². The Hall–Kier alpha value is -0.450. The molecular weight excluding hydrogens is 196 g/mol. The summed E-state index contributed by atoms with van der Waals surface area (Å²) >= 11 is 1.71. The van der Waals surface area contributed by atoms with Gasteiger partial charge in [-0.25, -0.2) is 4.98 Å². The number of aromatic nitrogens is 1. The Labute approximate surface area is 88.4 Å². The van der Waals surface area contributed by atoms with E-state index in [9.17, 15) is 5.11 Å². The third-order valence-electron chi connectivity index (χ3n) is 2.86. The SMILES string of the molecule is CC(c1nccs1)N1CCC(O)CC1. The smallest absolute Gasteiger partial charge is 0.109 e. The van der Waals surface area contributed by atoms with Crippen molar-refractivity contribution in [2.75, 3.05) is 13.1 Å². The van der Waals surface area contributed by atoms with Crippen molar-refractivity contribution in [1.82, 2.24) is 9.88 Å². The first-order chi connectivity index (χ1) is 6.77. The highest BCUT2D eigenvalue weighted by Gasteiger charge is 2.23. The fourth-order valence-electron chi connectivity index (χ4n) is 1.87. The third-order valence-corrected chi connectivity index (χ3v) is 3.80. The van der Waals surface area contributed by atoms with Crippen LogP contribution in [0.1, 0.15) is 30.8 Å². The minimum atomic E-state index is -0.0882. The molecule has 1 aromatic rings. The molecule has 1 aliphatic rings. The predicted octanol–water partition coefficient (Wildman–Crippen LogP) is 1.66. The van der Waals surface area contributed by atoms with E-state index < -0.39 is 0 Å². The molecule has 1 atom stereocenters. The Balaban J connectivity index is 1.95. The summed E-state index contributed by atoms with van der Waals surface area (Å²) in [5, 5.41) is 12.6. The lowest BCUT2D eigenvalue weighted by molar-refractivity contribution is 0.0644. The normalized spacial score (nSPS) is 22.4. The largest absolute Gasteiger partial charge is 0.393 e. The van der Waals surface area contributed by atoms with Crippen molar-refractivity contribution in [3.8, 4) is 0 Å². The number of thiazole rings is 1. The summed E-state index contributed by atoms with van der Waals surface area (Å²) < 4.78 is 0. The highest BCUT2D eigenvalue weighted by Crippen LogP contribution is 2.25. The van der Waals surface area contributed by atoms with Crippen molar-refractivity contribution >= 4 is 11.3 Å². The molecule has 1 aromatic heterocycles. The number of hydrogen-bond donors (Lipinski definition) is 1. The van der Waals surface area contributed by atoms with Gasteiger partial charge in [0.1, 0.15) is 5.01 Å². The summed E-state index contributed by atoms with van der Waals surface area (Å²) in [4.78, 5) is 6.72. The monoisotopic (exact) mass is 212 g/mol. The number of rotatable bonds is 2. The lowest BCUT2D eigenvalue weighted by atomic mass is 10.1. The number of aliphatic hydroxyl groups excluding tert-OH is 1. The maximum absolute atomic E-state index is 9.40. The second-order valence-corrected chi connectivity index (χ2v) is 4.74. The lowest BCUT2D eigenvalue weighted by Gasteiger charge is -2.33. The molecule has 0 spiro atoms. The van der Waals surface area contributed by atoms with E-state index in [0.29, 0.717) is 6.04 Å². The van der Waals surface area contributed by atoms with Crippen LogP contribution in [-0.4, -0.2) is 34.2 Å². The van der Waals surface area contributed by atoms with Crippen molar-refractivity contribution in [1.29, 1.82) is 0 Å². The third kappa shape index (κ3) is 2.13. The molecule has 1 saturated heterocycles. The zero-order chi connectivity index (χ0) is 9.97. The molecule has 2 heterocycles. The first-order valence-electron chi connectivity index (χ1n) is 5.09. The van der Waals surface area contributed by atoms with Crippen LogP contribution in [0, 0.1) is 0 Å². The molecule has 0 saturated carbocycles. The van der Waals surface area contributed by atoms with Gasteiger partial charge in [-0.3, -0.25) is 4.90 Å². The Bertz CT molecular complexity index is 268. The fraction of sp³-hybridized carbons (Fsp3) is 0.700. The van der Waals surface area contributed by atoms with Gasteiger partial charge in [0.25, 0.3) is 0 Å². The summed E-state index contributed by atoms with van der Waals surface area (Å²) in [5.41, 5.74) is 0. The molecule has 2 rings (SSSR count). The highest BCUT2D eigenvalue weighted by atomic mass is 32.1. The average molecular weight is 212 g/mol. The fourth-order valence-corrected chi connectivity index (χ4v) is 2.60. The summed E-state index contributed by atoms with van der Waals surface area (Å²) in [5.74, 6) is 0. The van der Waals surface area contributed by atoms with Crippen LogP contribution in [0.4, 0.5) is 0 Å². The number of likely N-dealkylation sites (tertiary alicyclic amines) is 1. The van der Waals surface area contributed by atoms with Crippen molar-refractivity contribution in [3.05, 3.63) is 16.6 Å². The van der Waals surface area contributed by atoms with E-state index in [1.165, 1.54) is 5.01 Å². The molecule has 1 aliphatic heterocycles. The lowest BCUT2D eigenvalue weighted by Crippen LogP contribution is -2.37. The molecule has 3 nitrogen and oxygen atoms in total. The second kappa shape index (κ2) is 4.38. The van der Waals surface area contributed by atoms with E-state index in [-0.39, 0.29) is 6.10 Å². The van der Waals surface area contributed by atoms with E-state index in [1.54, 1.807) is 11.3 Å². The zero-order valence-corrected chi connectivity index (χ0v) is 9.20. The summed E-state index contributed by atoms with van der Waals surface area (Å²) in [6.07, 6.45) is 3.57. The van der Waals surface area contributed by atoms with E-state index in [1.807, 2.05) is 11.6 Å². The average Bonchev–Trinajstić information content (AvgIpc) is 2.71. The molecule has 4 heteroatoms. The summed E-state index contributed by atoms with van der Waals surface area (Å²) in [6, 6.07) is 0.405. The molecule has 1 fully saturated rings. The molecule has 0 bridgehead atoms. The van der Waals surface area contributed by atoms with Crippen molar-refractivity contribution in [3.63, 3.8) is 0 Å². The Morgan fingerprint density at radius 1 is 1.57 bits per heavy atom. The van der Waals surface area contributed by atoms with Crippen molar-refractivity contribution in [2.24, 2.45) is 0 Å². The highest BCUT2D eigenvalue weighted by molar-refractivity contribution is 7.09. The van der Waals surface area contributed by atoms with Crippen LogP contribution in [0.15, 0.2) is 11.6 Å². The molecule has 0 amide bonds. The quantitative estimate of drug-likeness (QED) is 0.810. The van der Waals surface area contributed by atoms with Gasteiger partial charge in [0, 0.05) is 24.7 Å². The zero-order valence-electron chi connectivity index (χ0n) is 8.39. The van der Waals surface area contributed by atoms with Crippen LogP contribution in [0.2, 0.25) is 0 Å². The minimum absolute atomic E-state index is 0.0882. The molecule has 1 N–H and O–H groups in total. The standard InChI is InChI=1S/C10H16N2OS/c1-8(10-11-4-7-14-10)12-5-2-9(13)3-6-12/h4,7-9,13H,2-3,5-6H2,1H3. The van der Waals surface area contributed by atoms with E-state index in [4.69, 9.17) is 0 Å². The van der Waals surface area contributed by atoms with Gasteiger partial charge in [0.05, 0.1) is 12.1 Å². The Morgan fingerprint density at radius 3 is 2.86 bits per heavy atom. The minimum Gasteiger partial charge on any atom is -0.393 e. The van der Waals surface area contributed by atoms with Gasteiger partial charge in [-0.1, -0.05) is 0 Å². The van der Waals surface area contributed by atoms with Crippen molar-refractivity contribution in [2.45, 2.75) is 31.9 Å². The van der Waals surface area contributed by atoms with Crippen LogP contribution >= 0.6 is 11.3 Å². The Kier molecular flexibility index (Phi) is 3.15. The maximum Gasteiger partial charge on any atom is 0.109 e. The number of piperidine rings is 1. The number of hydrogen-bond acceptors (Lipinski definition) is 4. The molecule has 0 aliphatic carbocycles. The van der Waals surface area contributed by atoms with Crippen LogP contribution < -0.4 is 0 Å². The molecule has 0 aromatic carbocycles. The number of aliphatic hydroxyl groups is 1. The first-order valence-corrected chi connectivity index (χ1v) is 5.97. The van der Waals surface area contributed by atoms with E-state index >= 15 is 0 Å². The van der Waals surface area contributed by atoms with Crippen LogP contribution in [0.25, 0.3) is 0 Å². The van der Waals surface area contributed by atoms with E-state index in [0.717, 1.165) is 25.9 Å². The Morgan fingerprint density at radius 2 is 2.29 bits per heavy atom. The van der Waals surface area contributed by atoms with Crippen LogP contribution in [0.3, 0.4) is 0 Å². The van der Waals surface area contributed by atoms with E-state index in [2.05, 4.69) is 16.8 Å². The predicted molar refractivity (Wildman–Crippen MR) is 57.3 cm³/mol. The van der Waals surface area contributed by atoms with Gasteiger partial charge in [-0.2, -0.15) is 0 Å². The van der Waals surface area contributed by atoms with Gasteiger partial charge in [-0.05, 0) is 19.8 Å². The van der Waals surface area contributed by atoms with Gasteiger partial charge < -0.3 is 5.11 Å². The molecule has 14 heavy (non-hydrogen) atoms. The van der Waals surface area contributed by atoms with Crippen molar-refractivity contribution < 1.29 is 5.11 Å². The van der Waals surface area contributed by atoms with Gasteiger partial charge in [0.2, 0.25) is 0 Å². The second-order valence-electron chi connectivity index (χ2n) is 3.81. The summed E-state index contributed by atoms with van der Waals surface area (Å²) in [7, 11) is 0. The van der Waals surface area contributed by atoms with Gasteiger partial charge >= 0.3 is 0 Å². The summed E-state index contributed by atoms with van der Waals surface area (Å²) in [6.45, 7) is 4.17. The molecule has 78 valence electrons. The van der Waals surface area contributed by atoms with Crippen LogP contribution in [-0.2, 0) is 0 Å². The topological polar surface area (TPSA) is 36.4 Å². The number of nitrogens with zero attached hydrogens (tertiary/aromatic N) is 2. The first kappa shape index (κ1) is 10.1. The molecular formula is C10H16N2OS. The molecule has 1 unspecified atom stereocenters. The maximum atomic E-state index is 9.40. The van der Waals surface area contributed by atoms with Crippen LogP contribution in [0.5, 0.6) is 0 Å². The molecule has 0 radical (unpaired) electrons.